The van der Waals surface area contributed by atoms with Crippen LogP contribution in [0.25, 0.3) is 0 Å². The Balaban J connectivity index is 2.02. The molecule has 7 heteroatoms. The number of aryl methyl sites for hydroxylation is 1. The number of amides is 1. The van der Waals surface area contributed by atoms with Crippen molar-refractivity contribution in [2.75, 3.05) is 0 Å². The smallest absolute Gasteiger partial charge is 0.354 e. The molecule has 2 heterocycles. The molecule has 108 valence electrons. The molecule has 0 saturated carbocycles. The van der Waals surface area contributed by atoms with Crippen molar-refractivity contribution in [1.29, 1.82) is 0 Å². The van der Waals surface area contributed by atoms with Crippen molar-refractivity contribution in [3.05, 3.63) is 63.8 Å². The zero-order valence-corrected chi connectivity index (χ0v) is 11.2. The fraction of sp³-hybridized carbons (Fsp3) is 0.143. The van der Waals surface area contributed by atoms with Crippen molar-refractivity contribution in [2.24, 2.45) is 7.05 Å². The number of pyridine rings is 2. The zero-order chi connectivity index (χ0) is 15.4. The van der Waals surface area contributed by atoms with E-state index in [9.17, 15) is 14.4 Å². The van der Waals surface area contributed by atoms with Gasteiger partial charge in [-0.05, 0) is 17.7 Å². The Morgan fingerprint density at radius 1 is 1.33 bits per heavy atom. The van der Waals surface area contributed by atoms with Crippen LogP contribution in [0.3, 0.4) is 0 Å². The molecule has 21 heavy (non-hydrogen) atoms. The summed E-state index contributed by atoms with van der Waals surface area (Å²) in [6, 6.07) is 5.73. The molecule has 0 spiro atoms. The Kier molecular flexibility index (Phi) is 4.13. The van der Waals surface area contributed by atoms with Crippen LogP contribution in [-0.4, -0.2) is 26.5 Å². The maximum absolute atomic E-state index is 11.9. The van der Waals surface area contributed by atoms with Gasteiger partial charge in [0, 0.05) is 37.6 Å². The van der Waals surface area contributed by atoms with Crippen LogP contribution in [0.2, 0.25) is 0 Å². The molecule has 0 saturated heterocycles. The highest BCUT2D eigenvalue weighted by Crippen LogP contribution is 2.01. The van der Waals surface area contributed by atoms with E-state index in [4.69, 9.17) is 5.11 Å². The lowest BCUT2D eigenvalue weighted by Gasteiger charge is -2.06. The fourth-order valence-corrected chi connectivity index (χ4v) is 1.63. The van der Waals surface area contributed by atoms with E-state index in [1.54, 1.807) is 19.2 Å². The SMILES string of the molecule is Cn1ccc(C(=O)NCc2ccc(C(=O)O)nc2)cc1=O. The van der Waals surface area contributed by atoms with Gasteiger partial charge in [0.15, 0.2) is 0 Å². The Labute approximate surface area is 119 Å². The average molecular weight is 287 g/mol. The fourth-order valence-electron chi connectivity index (χ4n) is 1.63. The minimum Gasteiger partial charge on any atom is -0.477 e. The van der Waals surface area contributed by atoms with Gasteiger partial charge in [-0.1, -0.05) is 6.07 Å². The number of nitrogens with one attached hydrogen (secondary N) is 1. The molecule has 0 bridgehead atoms. The molecule has 1 amide bonds. The van der Waals surface area contributed by atoms with Gasteiger partial charge in [0.25, 0.3) is 11.5 Å². The molecule has 2 aromatic rings. The molecule has 2 N–H and O–H groups in total. The molecule has 7 nitrogen and oxygen atoms in total. The van der Waals surface area contributed by atoms with Gasteiger partial charge in [-0.2, -0.15) is 0 Å². The topological polar surface area (TPSA) is 101 Å². The first-order valence-electron chi connectivity index (χ1n) is 6.10. The second-order valence-electron chi connectivity index (χ2n) is 4.40. The lowest BCUT2D eigenvalue weighted by atomic mass is 10.2. The lowest BCUT2D eigenvalue weighted by Crippen LogP contribution is -2.25. The first-order valence-corrected chi connectivity index (χ1v) is 6.10. The van der Waals surface area contributed by atoms with E-state index in [-0.39, 0.29) is 29.3 Å². The van der Waals surface area contributed by atoms with Gasteiger partial charge in [0.2, 0.25) is 0 Å². The third kappa shape index (κ3) is 3.53. The van der Waals surface area contributed by atoms with Gasteiger partial charge in [-0.25, -0.2) is 9.78 Å². The summed E-state index contributed by atoms with van der Waals surface area (Å²) in [4.78, 5) is 37.7. The summed E-state index contributed by atoms with van der Waals surface area (Å²) >= 11 is 0. The Hall–Kier alpha value is -2.96. The van der Waals surface area contributed by atoms with Crippen molar-refractivity contribution in [3.8, 4) is 0 Å². The van der Waals surface area contributed by atoms with Crippen molar-refractivity contribution < 1.29 is 14.7 Å². The van der Waals surface area contributed by atoms with E-state index in [1.807, 2.05) is 0 Å². The minimum absolute atomic E-state index is 0.0587. The van der Waals surface area contributed by atoms with Gasteiger partial charge in [-0.3, -0.25) is 9.59 Å². The van der Waals surface area contributed by atoms with E-state index in [1.165, 1.54) is 29.1 Å². The van der Waals surface area contributed by atoms with Gasteiger partial charge in [0.1, 0.15) is 5.69 Å². The van der Waals surface area contributed by atoms with Crippen molar-refractivity contribution >= 4 is 11.9 Å². The number of carbonyl (C=O) groups excluding carboxylic acids is 1. The largest absolute Gasteiger partial charge is 0.477 e. The van der Waals surface area contributed by atoms with E-state index in [0.29, 0.717) is 5.56 Å². The second kappa shape index (κ2) is 6.00. The molecule has 0 aromatic carbocycles. The molecule has 0 fully saturated rings. The van der Waals surface area contributed by atoms with Crippen LogP contribution < -0.4 is 10.9 Å². The number of aromatic nitrogens is 2. The molecule has 0 unspecified atom stereocenters. The van der Waals surface area contributed by atoms with Crippen LogP contribution in [0.15, 0.2) is 41.5 Å². The molecule has 0 aliphatic carbocycles. The van der Waals surface area contributed by atoms with Crippen LogP contribution in [0.4, 0.5) is 0 Å². The quantitative estimate of drug-likeness (QED) is 0.848. The van der Waals surface area contributed by atoms with Gasteiger partial charge < -0.3 is 15.0 Å². The molecule has 0 radical (unpaired) electrons. The standard InChI is InChI=1S/C14H13N3O4/c1-17-5-4-10(6-12(17)18)13(19)16-8-9-2-3-11(14(20)21)15-7-9/h2-7H,8H2,1H3,(H,16,19)(H,20,21). The van der Waals surface area contributed by atoms with Gasteiger partial charge >= 0.3 is 5.97 Å². The molecule has 2 aromatic heterocycles. The molecule has 0 atom stereocenters. The summed E-state index contributed by atoms with van der Waals surface area (Å²) in [5.74, 6) is -1.49. The summed E-state index contributed by atoms with van der Waals surface area (Å²) < 4.78 is 1.37. The monoisotopic (exact) mass is 287 g/mol. The lowest BCUT2D eigenvalue weighted by molar-refractivity contribution is 0.0690. The van der Waals surface area contributed by atoms with Crippen molar-refractivity contribution in [3.63, 3.8) is 0 Å². The molecule has 0 aliphatic rings. The highest BCUT2D eigenvalue weighted by atomic mass is 16.4. The summed E-state index contributed by atoms with van der Waals surface area (Å²) in [7, 11) is 1.60. The zero-order valence-electron chi connectivity index (χ0n) is 11.2. The third-order valence-corrected chi connectivity index (χ3v) is 2.86. The summed E-state index contributed by atoms with van der Waals surface area (Å²) in [5, 5.41) is 11.4. The van der Waals surface area contributed by atoms with Crippen LogP contribution in [-0.2, 0) is 13.6 Å². The third-order valence-electron chi connectivity index (χ3n) is 2.86. The van der Waals surface area contributed by atoms with Crippen LogP contribution in [0.5, 0.6) is 0 Å². The highest BCUT2D eigenvalue weighted by molar-refractivity contribution is 5.93. The first kappa shape index (κ1) is 14.4. The van der Waals surface area contributed by atoms with E-state index < -0.39 is 5.97 Å². The molecule has 2 rings (SSSR count). The van der Waals surface area contributed by atoms with E-state index >= 15 is 0 Å². The number of hydrogen-bond acceptors (Lipinski definition) is 4. The predicted molar refractivity (Wildman–Crippen MR) is 74.0 cm³/mol. The number of carboxylic acids is 1. The van der Waals surface area contributed by atoms with E-state index in [0.717, 1.165) is 0 Å². The van der Waals surface area contributed by atoms with Crippen molar-refractivity contribution in [1.82, 2.24) is 14.9 Å². The predicted octanol–water partition coefficient (Wildman–Crippen LogP) is 0.409. The van der Waals surface area contributed by atoms with Gasteiger partial charge in [0.05, 0.1) is 0 Å². The number of hydrogen-bond donors (Lipinski definition) is 2. The molecular weight excluding hydrogens is 274 g/mol. The average Bonchev–Trinajstić information content (AvgIpc) is 2.48. The maximum atomic E-state index is 11.9. The normalized spacial score (nSPS) is 10.1. The highest BCUT2D eigenvalue weighted by Gasteiger charge is 2.07. The number of aromatic carboxylic acids is 1. The number of carbonyl (C=O) groups is 2. The van der Waals surface area contributed by atoms with Crippen molar-refractivity contribution in [2.45, 2.75) is 6.54 Å². The Bertz CT molecular complexity index is 735. The summed E-state index contributed by atoms with van der Waals surface area (Å²) in [6.45, 7) is 0.195. The maximum Gasteiger partial charge on any atom is 0.354 e. The van der Waals surface area contributed by atoms with E-state index in [2.05, 4.69) is 10.3 Å². The number of nitrogens with zero attached hydrogens (tertiary/aromatic N) is 2. The second-order valence-corrected chi connectivity index (χ2v) is 4.40. The summed E-state index contributed by atoms with van der Waals surface area (Å²) in [5.41, 5.74) is 0.608. The Morgan fingerprint density at radius 3 is 2.67 bits per heavy atom. The Morgan fingerprint density at radius 2 is 2.10 bits per heavy atom. The molecule has 0 aliphatic heterocycles. The number of rotatable bonds is 4. The van der Waals surface area contributed by atoms with Crippen LogP contribution >= 0.6 is 0 Å². The van der Waals surface area contributed by atoms with Crippen LogP contribution in [0, 0.1) is 0 Å². The minimum atomic E-state index is -1.11. The van der Waals surface area contributed by atoms with Crippen LogP contribution in [0.1, 0.15) is 26.4 Å². The summed E-state index contributed by atoms with van der Waals surface area (Å²) in [6.07, 6.45) is 2.90. The molecular formula is C14H13N3O4. The first-order chi connectivity index (χ1) is 9.97. The van der Waals surface area contributed by atoms with Gasteiger partial charge in [-0.15, -0.1) is 0 Å². The number of carboxylic acid groups (broad SMARTS) is 1.